The Balaban J connectivity index is 1.52. The maximum Gasteiger partial charge on any atom is 0.321 e. The van der Waals surface area contributed by atoms with Gasteiger partial charge in [-0.15, -0.1) is 0 Å². The largest absolute Gasteiger partial charge is 0.497 e. The Morgan fingerprint density at radius 3 is 2.10 bits per heavy atom. The predicted octanol–water partition coefficient (Wildman–Crippen LogP) is 4.22. The highest BCUT2D eigenvalue weighted by Crippen LogP contribution is 2.29. The van der Waals surface area contributed by atoms with E-state index in [1.807, 2.05) is 37.3 Å². The molecule has 1 aliphatic heterocycles. The van der Waals surface area contributed by atoms with Gasteiger partial charge in [0.25, 0.3) is 0 Å². The average molecular weight is 412 g/mol. The van der Waals surface area contributed by atoms with Crippen molar-refractivity contribution in [1.29, 1.82) is 0 Å². The number of methoxy groups -OCH3 is 2. The van der Waals surface area contributed by atoms with E-state index in [-0.39, 0.29) is 23.8 Å². The maximum atomic E-state index is 12.8. The van der Waals surface area contributed by atoms with Crippen molar-refractivity contribution in [3.05, 3.63) is 48.5 Å². The molecule has 1 saturated heterocycles. The quantitative estimate of drug-likeness (QED) is 0.746. The number of hydrogen-bond acceptors (Lipinski definition) is 4. The standard InChI is InChI=1S/C23H29N3O4/c1-16(22(27)24-19-13-20(29-2)15-21(14-19)30-3)17-9-11-26(12-10-17)23(28)25-18-7-5-4-6-8-18/h4-8,13-17H,9-12H2,1-3H3,(H,24,27)(H,25,28)/t16-/m1/s1. The van der Waals surface area contributed by atoms with E-state index in [0.717, 1.165) is 18.5 Å². The van der Waals surface area contributed by atoms with E-state index in [0.29, 0.717) is 30.3 Å². The lowest BCUT2D eigenvalue weighted by atomic mass is 9.85. The molecule has 7 nitrogen and oxygen atoms in total. The zero-order chi connectivity index (χ0) is 21.5. The fourth-order valence-corrected chi connectivity index (χ4v) is 3.68. The third kappa shape index (κ3) is 5.43. The van der Waals surface area contributed by atoms with Crippen LogP contribution in [0.3, 0.4) is 0 Å². The number of nitrogens with zero attached hydrogens (tertiary/aromatic N) is 1. The fraction of sp³-hybridized carbons (Fsp3) is 0.391. The molecule has 0 saturated carbocycles. The number of benzene rings is 2. The van der Waals surface area contributed by atoms with E-state index in [1.54, 1.807) is 37.3 Å². The molecular weight excluding hydrogens is 382 g/mol. The van der Waals surface area contributed by atoms with Gasteiger partial charge >= 0.3 is 6.03 Å². The molecule has 1 atom stereocenters. The summed E-state index contributed by atoms with van der Waals surface area (Å²) >= 11 is 0. The number of urea groups is 1. The lowest BCUT2D eigenvalue weighted by molar-refractivity contribution is -0.121. The number of ether oxygens (including phenoxy) is 2. The number of carbonyl (C=O) groups excluding carboxylic acids is 2. The maximum absolute atomic E-state index is 12.8. The predicted molar refractivity (Wildman–Crippen MR) is 117 cm³/mol. The Bertz CT molecular complexity index is 842. The van der Waals surface area contributed by atoms with Crippen molar-refractivity contribution < 1.29 is 19.1 Å². The Kier molecular flexibility index (Phi) is 7.17. The van der Waals surface area contributed by atoms with Crippen LogP contribution in [-0.2, 0) is 4.79 Å². The SMILES string of the molecule is COc1cc(NC(=O)[C@H](C)C2CCN(C(=O)Nc3ccccc3)CC2)cc(OC)c1. The summed E-state index contributed by atoms with van der Waals surface area (Å²) in [6.07, 6.45) is 1.58. The monoisotopic (exact) mass is 411 g/mol. The first-order chi connectivity index (χ1) is 14.5. The van der Waals surface area contributed by atoms with Crippen LogP contribution in [-0.4, -0.2) is 44.1 Å². The second-order valence-electron chi connectivity index (χ2n) is 7.50. The van der Waals surface area contributed by atoms with Crippen LogP contribution in [0.25, 0.3) is 0 Å². The molecule has 1 fully saturated rings. The third-order valence-electron chi connectivity index (χ3n) is 5.59. The Morgan fingerprint density at radius 2 is 1.53 bits per heavy atom. The molecule has 1 heterocycles. The summed E-state index contributed by atoms with van der Waals surface area (Å²) in [5, 5.41) is 5.88. The number of anilines is 2. The molecule has 0 unspecified atom stereocenters. The minimum Gasteiger partial charge on any atom is -0.497 e. The van der Waals surface area contributed by atoms with Crippen LogP contribution in [0.1, 0.15) is 19.8 Å². The van der Waals surface area contributed by atoms with Crippen LogP contribution in [0.5, 0.6) is 11.5 Å². The zero-order valence-electron chi connectivity index (χ0n) is 17.7. The van der Waals surface area contributed by atoms with Crippen LogP contribution < -0.4 is 20.1 Å². The molecule has 2 N–H and O–H groups in total. The number of rotatable bonds is 6. The Morgan fingerprint density at radius 1 is 0.933 bits per heavy atom. The van der Waals surface area contributed by atoms with Crippen LogP contribution >= 0.6 is 0 Å². The minimum absolute atomic E-state index is 0.0440. The van der Waals surface area contributed by atoms with E-state index < -0.39 is 0 Å². The molecule has 2 aromatic carbocycles. The molecule has 3 amide bonds. The van der Waals surface area contributed by atoms with Gasteiger partial charge in [-0.2, -0.15) is 0 Å². The van der Waals surface area contributed by atoms with Gasteiger partial charge in [0.15, 0.2) is 0 Å². The van der Waals surface area contributed by atoms with Crippen molar-refractivity contribution in [1.82, 2.24) is 4.90 Å². The van der Waals surface area contributed by atoms with Crippen LogP contribution in [0, 0.1) is 11.8 Å². The smallest absolute Gasteiger partial charge is 0.321 e. The van der Waals surface area contributed by atoms with Gasteiger partial charge in [-0.1, -0.05) is 25.1 Å². The summed E-state index contributed by atoms with van der Waals surface area (Å²) in [4.78, 5) is 27.0. The normalized spacial score (nSPS) is 15.2. The van der Waals surface area contributed by atoms with E-state index in [1.165, 1.54) is 0 Å². The number of hydrogen-bond donors (Lipinski definition) is 2. The molecule has 0 spiro atoms. The van der Waals surface area contributed by atoms with E-state index >= 15 is 0 Å². The zero-order valence-corrected chi connectivity index (χ0v) is 17.7. The van der Waals surface area contributed by atoms with Crippen molar-refractivity contribution in [3.8, 4) is 11.5 Å². The summed E-state index contributed by atoms with van der Waals surface area (Å²) in [6, 6.07) is 14.6. The highest BCUT2D eigenvalue weighted by atomic mass is 16.5. The summed E-state index contributed by atoms with van der Waals surface area (Å²) in [6.45, 7) is 3.21. The number of para-hydroxylation sites is 1. The molecule has 160 valence electrons. The van der Waals surface area contributed by atoms with Gasteiger partial charge in [0.2, 0.25) is 5.91 Å². The number of piperidine rings is 1. The molecule has 0 aliphatic carbocycles. The Labute approximate surface area is 177 Å². The highest BCUT2D eigenvalue weighted by molar-refractivity contribution is 5.93. The summed E-state index contributed by atoms with van der Waals surface area (Å²) in [7, 11) is 3.15. The van der Waals surface area contributed by atoms with Crippen LogP contribution in [0.4, 0.5) is 16.2 Å². The number of likely N-dealkylation sites (tertiary alicyclic amines) is 1. The summed E-state index contributed by atoms with van der Waals surface area (Å²) in [5.41, 5.74) is 1.42. The van der Waals surface area contributed by atoms with Crippen molar-refractivity contribution in [3.63, 3.8) is 0 Å². The molecule has 0 bridgehead atoms. The van der Waals surface area contributed by atoms with Gasteiger partial charge in [0.05, 0.1) is 14.2 Å². The lowest BCUT2D eigenvalue weighted by Gasteiger charge is -2.34. The van der Waals surface area contributed by atoms with Gasteiger partial charge in [-0.05, 0) is 30.9 Å². The topological polar surface area (TPSA) is 79.9 Å². The third-order valence-corrected chi connectivity index (χ3v) is 5.59. The number of carbonyl (C=O) groups is 2. The Hall–Kier alpha value is -3.22. The lowest BCUT2D eigenvalue weighted by Crippen LogP contribution is -2.43. The highest BCUT2D eigenvalue weighted by Gasteiger charge is 2.30. The van der Waals surface area contributed by atoms with Crippen molar-refractivity contribution >= 4 is 23.3 Å². The number of amides is 3. The molecule has 3 rings (SSSR count). The average Bonchev–Trinajstić information content (AvgIpc) is 2.79. The van der Waals surface area contributed by atoms with E-state index in [4.69, 9.17) is 9.47 Å². The number of nitrogens with one attached hydrogen (secondary N) is 2. The van der Waals surface area contributed by atoms with Crippen molar-refractivity contribution in [2.75, 3.05) is 37.9 Å². The first-order valence-electron chi connectivity index (χ1n) is 10.1. The van der Waals surface area contributed by atoms with Gasteiger partial charge < -0.3 is 25.0 Å². The minimum atomic E-state index is -0.165. The van der Waals surface area contributed by atoms with E-state index in [9.17, 15) is 9.59 Å². The van der Waals surface area contributed by atoms with E-state index in [2.05, 4.69) is 10.6 Å². The second-order valence-corrected chi connectivity index (χ2v) is 7.50. The summed E-state index contributed by atoms with van der Waals surface area (Å²) < 4.78 is 10.5. The molecule has 30 heavy (non-hydrogen) atoms. The second kappa shape index (κ2) is 10.0. The summed E-state index contributed by atoms with van der Waals surface area (Å²) in [5.74, 6) is 1.25. The van der Waals surface area contributed by atoms with Gasteiger partial charge in [-0.3, -0.25) is 4.79 Å². The molecular formula is C23H29N3O4. The van der Waals surface area contributed by atoms with Gasteiger partial charge in [-0.25, -0.2) is 4.79 Å². The van der Waals surface area contributed by atoms with Crippen LogP contribution in [0.15, 0.2) is 48.5 Å². The first kappa shape index (κ1) is 21.5. The van der Waals surface area contributed by atoms with Crippen LogP contribution in [0.2, 0.25) is 0 Å². The molecule has 2 aromatic rings. The fourth-order valence-electron chi connectivity index (χ4n) is 3.68. The first-order valence-corrected chi connectivity index (χ1v) is 10.1. The molecule has 1 aliphatic rings. The molecule has 0 radical (unpaired) electrons. The van der Waals surface area contributed by atoms with Crippen molar-refractivity contribution in [2.45, 2.75) is 19.8 Å². The van der Waals surface area contributed by atoms with Gasteiger partial charge in [0.1, 0.15) is 11.5 Å². The van der Waals surface area contributed by atoms with Crippen molar-refractivity contribution in [2.24, 2.45) is 11.8 Å². The van der Waals surface area contributed by atoms with Gasteiger partial charge in [0, 0.05) is 48.6 Å². The molecule has 0 aromatic heterocycles. The molecule has 7 heteroatoms.